The number of hydrogen-bond donors (Lipinski definition) is 0. The molecule has 4 nitrogen and oxygen atoms in total. The van der Waals surface area contributed by atoms with E-state index in [0.29, 0.717) is 26.4 Å². The van der Waals surface area contributed by atoms with E-state index in [0.717, 1.165) is 18.2 Å². The first kappa shape index (κ1) is 22.4. The highest BCUT2D eigenvalue weighted by Gasteiger charge is 2.39. The summed E-state index contributed by atoms with van der Waals surface area (Å²) in [4.78, 5) is 0. The second kappa shape index (κ2) is 11.1. The van der Waals surface area contributed by atoms with Gasteiger partial charge in [-0.1, -0.05) is 37.3 Å². The highest BCUT2D eigenvalue weighted by molar-refractivity contribution is 6.75. The largest absolute Gasteiger partial charge is 0.501 e. The summed E-state index contributed by atoms with van der Waals surface area (Å²) >= 11 is 0. The minimum atomic E-state index is -2.54. The Bertz CT molecular complexity index is 454. The highest BCUT2D eigenvalue weighted by atomic mass is 28.4. The van der Waals surface area contributed by atoms with Crippen LogP contribution in [0.3, 0.4) is 0 Å². The third kappa shape index (κ3) is 9.01. The fourth-order valence-corrected chi connectivity index (χ4v) is 6.84. The number of ether oxygens (including phenoxy) is 1. The first-order valence-electron chi connectivity index (χ1n) is 9.47. The van der Waals surface area contributed by atoms with Gasteiger partial charge in [0.2, 0.25) is 0 Å². The standard InChI is InChI=1S/C19H36O4Si2/c1-7-21-25(22-8-2,23-9-3)16-10-15-20-19-13-11-18(12-14-19)17-24(4,5)6/h11-14H,7-10,15-17H2,1-6H3. The molecule has 0 aliphatic carbocycles. The third-order valence-electron chi connectivity index (χ3n) is 3.65. The summed E-state index contributed by atoms with van der Waals surface area (Å²) in [5.41, 5.74) is 1.40. The lowest BCUT2D eigenvalue weighted by molar-refractivity contribution is 0.0696. The molecule has 25 heavy (non-hydrogen) atoms. The molecule has 0 radical (unpaired) electrons. The minimum Gasteiger partial charge on any atom is -0.494 e. The molecule has 0 aliphatic heterocycles. The Morgan fingerprint density at radius 2 is 1.32 bits per heavy atom. The Balaban J connectivity index is 2.47. The minimum absolute atomic E-state index is 0.617. The molecular weight excluding hydrogens is 348 g/mol. The quantitative estimate of drug-likeness (QED) is 0.357. The first-order valence-corrected chi connectivity index (χ1v) is 15.1. The molecule has 144 valence electrons. The highest BCUT2D eigenvalue weighted by Crippen LogP contribution is 2.20. The van der Waals surface area contributed by atoms with Crippen LogP contribution in [-0.4, -0.2) is 43.3 Å². The third-order valence-corrected chi connectivity index (χ3v) is 8.27. The zero-order valence-corrected chi connectivity index (χ0v) is 18.9. The van der Waals surface area contributed by atoms with Gasteiger partial charge >= 0.3 is 8.80 Å². The SMILES string of the molecule is CCO[Si](CCCOc1ccc(C[Si](C)(C)C)cc1)(OCC)OCC. The van der Waals surface area contributed by atoms with Gasteiger partial charge in [0, 0.05) is 33.9 Å². The molecule has 1 aromatic carbocycles. The molecule has 0 saturated carbocycles. The fraction of sp³-hybridized carbons (Fsp3) is 0.684. The molecule has 0 aliphatic rings. The van der Waals surface area contributed by atoms with E-state index in [1.807, 2.05) is 20.8 Å². The molecule has 1 aromatic rings. The molecule has 0 bridgehead atoms. The molecule has 0 saturated heterocycles. The number of benzene rings is 1. The van der Waals surface area contributed by atoms with Crippen molar-refractivity contribution in [3.63, 3.8) is 0 Å². The normalized spacial score (nSPS) is 12.4. The number of rotatable bonds is 13. The van der Waals surface area contributed by atoms with Crippen LogP contribution < -0.4 is 4.74 Å². The molecular formula is C19H36O4Si2. The van der Waals surface area contributed by atoms with Crippen molar-refractivity contribution in [2.75, 3.05) is 26.4 Å². The van der Waals surface area contributed by atoms with Crippen LogP contribution in [-0.2, 0) is 19.3 Å². The van der Waals surface area contributed by atoms with Gasteiger partial charge in [-0.25, -0.2) is 0 Å². The van der Waals surface area contributed by atoms with Gasteiger partial charge in [-0.15, -0.1) is 0 Å². The molecule has 6 heteroatoms. The van der Waals surface area contributed by atoms with E-state index in [-0.39, 0.29) is 0 Å². The second-order valence-corrected chi connectivity index (χ2v) is 15.5. The predicted molar refractivity (Wildman–Crippen MR) is 109 cm³/mol. The Labute approximate surface area is 156 Å². The summed E-state index contributed by atoms with van der Waals surface area (Å²) in [6, 6.07) is 10.5. The topological polar surface area (TPSA) is 36.9 Å². The van der Waals surface area contributed by atoms with Crippen molar-refractivity contribution < 1.29 is 18.0 Å². The van der Waals surface area contributed by atoms with Crippen LogP contribution in [0.1, 0.15) is 32.8 Å². The molecule has 0 unspecified atom stereocenters. The van der Waals surface area contributed by atoms with Gasteiger partial charge in [-0.2, -0.15) is 0 Å². The van der Waals surface area contributed by atoms with Crippen molar-refractivity contribution >= 4 is 16.9 Å². The van der Waals surface area contributed by atoms with E-state index < -0.39 is 16.9 Å². The Morgan fingerprint density at radius 3 is 1.76 bits per heavy atom. The number of hydrogen-bond acceptors (Lipinski definition) is 4. The molecule has 0 spiro atoms. The lowest BCUT2D eigenvalue weighted by Crippen LogP contribution is -2.46. The Kier molecular flexibility index (Phi) is 9.96. The molecule has 0 fully saturated rings. The Morgan fingerprint density at radius 1 is 0.800 bits per heavy atom. The van der Waals surface area contributed by atoms with E-state index in [1.165, 1.54) is 11.6 Å². The van der Waals surface area contributed by atoms with Gasteiger partial charge in [-0.05, 0) is 45.4 Å². The molecule has 1 rings (SSSR count). The summed E-state index contributed by atoms with van der Waals surface area (Å²) in [7, 11) is -3.61. The smallest absolute Gasteiger partial charge is 0.494 e. The maximum Gasteiger partial charge on any atom is 0.501 e. The van der Waals surface area contributed by atoms with E-state index in [9.17, 15) is 0 Å². The van der Waals surface area contributed by atoms with E-state index in [4.69, 9.17) is 18.0 Å². The zero-order valence-electron chi connectivity index (χ0n) is 16.9. The van der Waals surface area contributed by atoms with Gasteiger partial charge < -0.3 is 18.0 Å². The second-order valence-electron chi connectivity index (χ2n) is 7.32. The summed E-state index contributed by atoms with van der Waals surface area (Å²) in [5.74, 6) is 0.927. The van der Waals surface area contributed by atoms with Gasteiger partial charge in [0.1, 0.15) is 5.75 Å². The molecule has 0 aromatic heterocycles. The Hall–Kier alpha value is -0.666. The van der Waals surface area contributed by atoms with Crippen molar-refractivity contribution in [2.45, 2.75) is 58.9 Å². The van der Waals surface area contributed by atoms with Gasteiger partial charge in [0.25, 0.3) is 0 Å². The van der Waals surface area contributed by atoms with E-state index in [2.05, 4.69) is 43.9 Å². The average Bonchev–Trinajstić information content (AvgIpc) is 2.52. The lowest BCUT2D eigenvalue weighted by atomic mass is 10.2. The van der Waals surface area contributed by atoms with Crippen molar-refractivity contribution in [1.82, 2.24) is 0 Å². The summed E-state index contributed by atoms with van der Waals surface area (Å²) in [6.45, 7) is 15.6. The van der Waals surface area contributed by atoms with Gasteiger partial charge in [-0.3, -0.25) is 0 Å². The lowest BCUT2D eigenvalue weighted by Gasteiger charge is -2.28. The molecule has 0 amide bonds. The maximum atomic E-state index is 5.89. The van der Waals surface area contributed by atoms with Gasteiger partial charge in [0.15, 0.2) is 0 Å². The van der Waals surface area contributed by atoms with Crippen LogP contribution >= 0.6 is 0 Å². The zero-order chi connectivity index (χ0) is 18.8. The molecule has 0 heterocycles. The van der Waals surface area contributed by atoms with Crippen molar-refractivity contribution in [3.05, 3.63) is 29.8 Å². The summed E-state index contributed by atoms with van der Waals surface area (Å²) in [5, 5.41) is 0. The van der Waals surface area contributed by atoms with Crippen molar-refractivity contribution in [2.24, 2.45) is 0 Å². The molecule has 0 N–H and O–H groups in total. The monoisotopic (exact) mass is 384 g/mol. The van der Waals surface area contributed by atoms with Gasteiger partial charge in [0.05, 0.1) is 6.61 Å². The summed E-state index contributed by atoms with van der Waals surface area (Å²) in [6.07, 6.45) is 0.864. The van der Waals surface area contributed by atoms with E-state index in [1.54, 1.807) is 0 Å². The van der Waals surface area contributed by atoms with Crippen LogP contribution in [0.4, 0.5) is 0 Å². The van der Waals surface area contributed by atoms with Crippen LogP contribution in [0.15, 0.2) is 24.3 Å². The molecule has 0 atom stereocenters. The van der Waals surface area contributed by atoms with Crippen molar-refractivity contribution in [1.29, 1.82) is 0 Å². The fourth-order valence-electron chi connectivity index (χ4n) is 2.80. The summed E-state index contributed by atoms with van der Waals surface area (Å²) < 4.78 is 23.5. The predicted octanol–water partition coefficient (Wildman–Crippen LogP) is 4.92. The van der Waals surface area contributed by atoms with Crippen LogP contribution in [0.2, 0.25) is 25.7 Å². The van der Waals surface area contributed by atoms with Crippen LogP contribution in [0, 0.1) is 0 Å². The van der Waals surface area contributed by atoms with Crippen LogP contribution in [0.25, 0.3) is 0 Å². The van der Waals surface area contributed by atoms with Crippen molar-refractivity contribution in [3.8, 4) is 5.75 Å². The first-order chi connectivity index (χ1) is 11.8. The van der Waals surface area contributed by atoms with E-state index >= 15 is 0 Å². The average molecular weight is 385 g/mol. The maximum absolute atomic E-state index is 5.89. The van der Waals surface area contributed by atoms with Crippen LogP contribution in [0.5, 0.6) is 5.75 Å².